The Kier molecular flexibility index (Phi) is 6.70. The predicted molar refractivity (Wildman–Crippen MR) is 126 cm³/mol. The number of rotatable bonds is 6. The van der Waals surface area contributed by atoms with Crippen LogP contribution in [0.5, 0.6) is 0 Å². The molecule has 0 fully saturated rings. The zero-order valence-corrected chi connectivity index (χ0v) is 20.7. The minimum atomic E-state index is -4.12. The Labute approximate surface area is 205 Å². The first-order chi connectivity index (χ1) is 16.3. The molecule has 4 rings (SSSR count). The van der Waals surface area contributed by atoms with Crippen LogP contribution in [0.2, 0.25) is 5.02 Å². The molecule has 0 radical (unpaired) electrons. The highest BCUT2D eigenvalue weighted by atomic mass is 35.5. The summed E-state index contributed by atoms with van der Waals surface area (Å²) in [5, 5.41) is 7.98. The van der Waals surface area contributed by atoms with E-state index in [0.717, 1.165) is 23.3 Å². The van der Waals surface area contributed by atoms with E-state index in [4.69, 9.17) is 21.8 Å². The smallest absolute Gasteiger partial charge is 0.250 e. The number of fused-ring (bicyclic) bond motifs is 1. The zero-order valence-electron chi connectivity index (χ0n) is 18.3. The van der Waals surface area contributed by atoms with Crippen molar-refractivity contribution in [3.63, 3.8) is 0 Å². The normalized spacial score (nSPS) is 17.8. The standard InChI is InChI=1S/C21H20ClFN4O6S2/c1-34(29,30)7-6-19-25-26-20(33-19)14-8-17-18(9-15(14)23)35(31,32)11-16(24)21(28)27(17)10-12-2-4-13(22)5-3-12/h2-5,8-9,16H,6-7,10-11,24H2,1H3/t16-/m0/s1. The van der Waals surface area contributed by atoms with Crippen LogP contribution in [0.25, 0.3) is 11.5 Å². The van der Waals surface area contributed by atoms with Crippen LogP contribution in [0.15, 0.2) is 45.7 Å². The summed E-state index contributed by atoms with van der Waals surface area (Å²) in [5.41, 5.74) is 6.18. The third-order valence-corrected chi connectivity index (χ3v) is 8.29. The molecule has 0 saturated carbocycles. The Morgan fingerprint density at radius 3 is 2.57 bits per heavy atom. The number of aryl methyl sites for hydroxylation is 1. The van der Waals surface area contributed by atoms with E-state index in [0.29, 0.717) is 10.6 Å². The van der Waals surface area contributed by atoms with Gasteiger partial charge in [-0.3, -0.25) is 4.79 Å². The molecule has 1 aliphatic heterocycles. The summed E-state index contributed by atoms with van der Waals surface area (Å²) in [6.45, 7) is -0.0548. The number of carbonyl (C=O) groups excluding carboxylic acids is 1. The van der Waals surface area contributed by atoms with Crippen molar-refractivity contribution in [1.82, 2.24) is 10.2 Å². The molecule has 0 aliphatic carbocycles. The fraction of sp³-hybridized carbons (Fsp3) is 0.286. The number of hydrogen-bond donors (Lipinski definition) is 1. The third kappa shape index (κ3) is 5.53. The molecule has 2 N–H and O–H groups in total. The van der Waals surface area contributed by atoms with Gasteiger partial charge in [0.05, 0.1) is 40.2 Å². The topological polar surface area (TPSA) is 154 Å². The lowest BCUT2D eigenvalue weighted by atomic mass is 10.1. The molecular formula is C21H20ClFN4O6S2. The second kappa shape index (κ2) is 9.30. The Bertz CT molecular complexity index is 1510. The molecule has 1 atom stereocenters. The van der Waals surface area contributed by atoms with E-state index in [1.165, 1.54) is 0 Å². The van der Waals surface area contributed by atoms with Gasteiger partial charge >= 0.3 is 0 Å². The monoisotopic (exact) mass is 542 g/mol. The molecule has 1 amide bonds. The van der Waals surface area contributed by atoms with Crippen molar-refractivity contribution in [2.24, 2.45) is 5.73 Å². The lowest BCUT2D eigenvalue weighted by molar-refractivity contribution is -0.119. The van der Waals surface area contributed by atoms with Gasteiger partial charge in [0, 0.05) is 17.7 Å². The molecule has 14 heteroatoms. The summed E-state index contributed by atoms with van der Waals surface area (Å²) >= 11 is 5.93. The molecule has 186 valence electrons. The van der Waals surface area contributed by atoms with Crippen LogP contribution in [-0.2, 0) is 37.4 Å². The highest BCUT2D eigenvalue weighted by molar-refractivity contribution is 7.91. The summed E-state index contributed by atoms with van der Waals surface area (Å²) in [5.74, 6) is -2.91. The van der Waals surface area contributed by atoms with Gasteiger partial charge in [-0.1, -0.05) is 23.7 Å². The summed E-state index contributed by atoms with van der Waals surface area (Å²) in [6, 6.07) is 7.12. The van der Waals surface area contributed by atoms with Gasteiger partial charge in [0.2, 0.25) is 11.8 Å². The number of sulfone groups is 2. The van der Waals surface area contributed by atoms with E-state index in [9.17, 15) is 21.6 Å². The second-order valence-electron chi connectivity index (χ2n) is 8.12. The molecule has 1 aromatic heterocycles. The minimum absolute atomic E-state index is 0.0384. The van der Waals surface area contributed by atoms with Crippen molar-refractivity contribution in [2.75, 3.05) is 22.7 Å². The molecular weight excluding hydrogens is 523 g/mol. The largest absolute Gasteiger partial charge is 0.421 e. The van der Waals surface area contributed by atoms with Gasteiger partial charge in [0.15, 0.2) is 9.84 Å². The van der Waals surface area contributed by atoms with Crippen molar-refractivity contribution in [2.45, 2.75) is 23.9 Å². The van der Waals surface area contributed by atoms with Gasteiger partial charge < -0.3 is 15.1 Å². The van der Waals surface area contributed by atoms with E-state index in [-0.39, 0.29) is 41.8 Å². The number of hydrogen-bond acceptors (Lipinski definition) is 9. The molecule has 1 aliphatic rings. The average Bonchev–Trinajstić information content (AvgIpc) is 3.23. The third-order valence-electron chi connectivity index (χ3n) is 5.29. The highest BCUT2D eigenvalue weighted by Crippen LogP contribution is 2.37. The van der Waals surface area contributed by atoms with Gasteiger partial charge in [0.1, 0.15) is 15.7 Å². The number of nitrogens with two attached hydrogens (primary N) is 1. The molecule has 3 aromatic rings. The number of halogens is 2. The quantitative estimate of drug-likeness (QED) is 0.490. The molecule has 0 saturated heterocycles. The van der Waals surface area contributed by atoms with E-state index in [1.54, 1.807) is 24.3 Å². The number of anilines is 1. The van der Waals surface area contributed by atoms with Crippen LogP contribution in [0.3, 0.4) is 0 Å². The number of benzene rings is 2. The summed E-state index contributed by atoms with van der Waals surface area (Å²) in [4.78, 5) is 13.9. The van der Waals surface area contributed by atoms with Crippen molar-refractivity contribution in [1.29, 1.82) is 0 Å². The van der Waals surface area contributed by atoms with Crippen LogP contribution in [0, 0.1) is 5.82 Å². The fourth-order valence-electron chi connectivity index (χ4n) is 3.56. The average molecular weight is 543 g/mol. The molecule has 0 spiro atoms. The molecule has 35 heavy (non-hydrogen) atoms. The SMILES string of the molecule is CS(=O)(=O)CCc1nnc(-c2cc3c(cc2F)S(=O)(=O)C[C@H](N)C(=O)N3Cc2ccc(Cl)cc2)o1. The van der Waals surface area contributed by atoms with Crippen LogP contribution in [0.1, 0.15) is 11.5 Å². The van der Waals surface area contributed by atoms with Crippen LogP contribution < -0.4 is 10.6 Å². The van der Waals surface area contributed by atoms with Gasteiger partial charge in [-0.15, -0.1) is 10.2 Å². The van der Waals surface area contributed by atoms with Gasteiger partial charge in [-0.2, -0.15) is 0 Å². The Morgan fingerprint density at radius 2 is 1.91 bits per heavy atom. The number of aromatic nitrogens is 2. The van der Waals surface area contributed by atoms with Crippen LogP contribution in [0.4, 0.5) is 10.1 Å². The number of carbonyl (C=O) groups is 1. The highest BCUT2D eigenvalue weighted by Gasteiger charge is 2.37. The van der Waals surface area contributed by atoms with Crippen molar-refractivity contribution >= 4 is 42.9 Å². The van der Waals surface area contributed by atoms with Crippen LogP contribution in [-0.4, -0.2) is 56.7 Å². The maximum absolute atomic E-state index is 15.1. The Hall–Kier alpha value is -2.87. The lowest BCUT2D eigenvalue weighted by Crippen LogP contribution is -2.45. The number of nitrogens with zero attached hydrogens (tertiary/aromatic N) is 3. The van der Waals surface area contributed by atoms with E-state index in [1.807, 2.05) is 0 Å². The first-order valence-electron chi connectivity index (χ1n) is 10.2. The predicted octanol–water partition coefficient (Wildman–Crippen LogP) is 1.76. The fourth-order valence-corrected chi connectivity index (χ4v) is 5.79. The number of amides is 1. The first kappa shape index (κ1) is 25.2. The maximum atomic E-state index is 15.1. The Morgan fingerprint density at radius 1 is 1.23 bits per heavy atom. The van der Waals surface area contributed by atoms with Crippen LogP contribution >= 0.6 is 11.6 Å². The summed E-state index contributed by atoms with van der Waals surface area (Å²) in [6.07, 6.45) is 0.969. The van der Waals surface area contributed by atoms with Crippen molar-refractivity contribution in [3.05, 3.63) is 58.7 Å². The van der Waals surface area contributed by atoms with E-state index >= 15 is 4.39 Å². The van der Waals surface area contributed by atoms with Crippen molar-refractivity contribution in [3.8, 4) is 11.5 Å². The second-order valence-corrected chi connectivity index (χ2v) is 12.8. The molecule has 2 heterocycles. The van der Waals surface area contributed by atoms with Gasteiger partial charge in [0.25, 0.3) is 5.89 Å². The lowest BCUT2D eigenvalue weighted by Gasteiger charge is -2.24. The van der Waals surface area contributed by atoms with Crippen molar-refractivity contribution < 1.29 is 30.4 Å². The molecule has 0 bridgehead atoms. The molecule has 2 aromatic carbocycles. The molecule has 10 nitrogen and oxygen atoms in total. The Balaban J connectivity index is 1.81. The first-order valence-corrected chi connectivity index (χ1v) is 14.3. The maximum Gasteiger partial charge on any atom is 0.250 e. The summed E-state index contributed by atoms with van der Waals surface area (Å²) < 4.78 is 69.1. The summed E-state index contributed by atoms with van der Waals surface area (Å²) in [7, 11) is -7.41. The van der Waals surface area contributed by atoms with Gasteiger partial charge in [-0.25, -0.2) is 21.2 Å². The van der Waals surface area contributed by atoms with Gasteiger partial charge in [-0.05, 0) is 29.8 Å². The minimum Gasteiger partial charge on any atom is -0.421 e. The van der Waals surface area contributed by atoms with E-state index < -0.39 is 48.1 Å². The van der Waals surface area contributed by atoms with E-state index in [2.05, 4.69) is 10.2 Å². The zero-order chi connectivity index (χ0) is 25.5. The molecule has 0 unspecified atom stereocenters.